The molecule has 2 heterocycles. The molecule has 0 spiro atoms. The van der Waals surface area contributed by atoms with Gasteiger partial charge in [-0.15, -0.1) is 0 Å². The zero-order valence-corrected chi connectivity index (χ0v) is 11.1. The van der Waals surface area contributed by atoms with Gasteiger partial charge in [-0.3, -0.25) is 0 Å². The lowest BCUT2D eigenvalue weighted by molar-refractivity contribution is 0.936. The second-order valence-corrected chi connectivity index (χ2v) is 4.84. The quantitative estimate of drug-likeness (QED) is 0.808. The van der Waals surface area contributed by atoms with Gasteiger partial charge in [-0.25, -0.2) is 9.50 Å². The molecule has 5 heteroatoms. The summed E-state index contributed by atoms with van der Waals surface area (Å²) in [4.78, 5) is 4.45. The molecule has 0 bridgehead atoms. The largest absolute Gasteiger partial charge is 0.366 e. The molecule has 90 valence electrons. The van der Waals surface area contributed by atoms with E-state index >= 15 is 0 Å². The molecule has 4 nitrogen and oxygen atoms in total. The number of aromatic nitrogens is 3. The number of benzene rings is 1. The second-order valence-electron chi connectivity index (χ2n) is 3.93. The maximum atomic E-state index is 4.45. The Hall–Kier alpha value is -1.88. The maximum Gasteiger partial charge on any atom is 0.157 e. The minimum Gasteiger partial charge on any atom is -0.366 e. The Bertz CT molecular complexity index is 660. The fraction of sp³-hybridized carbons (Fsp3) is 0.0769. The van der Waals surface area contributed by atoms with Crippen molar-refractivity contribution in [1.82, 2.24) is 14.6 Å². The minimum absolute atomic E-state index is 0.755. The topological polar surface area (TPSA) is 42.2 Å². The van der Waals surface area contributed by atoms with Gasteiger partial charge >= 0.3 is 0 Å². The van der Waals surface area contributed by atoms with Gasteiger partial charge in [0.15, 0.2) is 5.65 Å². The van der Waals surface area contributed by atoms with Crippen molar-refractivity contribution in [1.29, 1.82) is 0 Å². The molecule has 0 radical (unpaired) electrons. The summed E-state index contributed by atoms with van der Waals surface area (Å²) >= 11 is 3.42. The second kappa shape index (κ2) is 4.78. The van der Waals surface area contributed by atoms with E-state index in [0.717, 1.165) is 22.5 Å². The summed E-state index contributed by atoms with van der Waals surface area (Å²) in [6, 6.07) is 12.0. The smallest absolute Gasteiger partial charge is 0.157 e. The van der Waals surface area contributed by atoms with E-state index in [1.165, 1.54) is 5.56 Å². The van der Waals surface area contributed by atoms with Crippen molar-refractivity contribution >= 4 is 27.4 Å². The number of fused-ring (bicyclic) bond motifs is 1. The lowest BCUT2D eigenvalue weighted by Gasteiger charge is -2.06. The van der Waals surface area contributed by atoms with Gasteiger partial charge in [-0.05, 0) is 23.8 Å². The van der Waals surface area contributed by atoms with Gasteiger partial charge in [0.1, 0.15) is 5.82 Å². The van der Waals surface area contributed by atoms with Crippen LogP contribution in [0.4, 0.5) is 5.82 Å². The molecule has 3 aromatic rings. The van der Waals surface area contributed by atoms with E-state index in [1.807, 2.05) is 30.5 Å². The van der Waals surface area contributed by atoms with E-state index in [9.17, 15) is 0 Å². The Labute approximate surface area is 113 Å². The van der Waals surface area contributed by atoms with E-state index in [-0.39, 0.29) is 0 Å². The Morgan fingerprint density at radius 2 is 1.94 bits per heavy atom. The number of hydrogen-bond donors (Lipinski definition) is 1. The molecular formula is C13H11BrN4. The average molecular weight is 303 g/mol. The Kier molecular flexibility index (Phi) is 2.98. The van der Waals surface area contributed by atoms with Crippen LogP contribution < -0.4 is 5.32 Å². The molecule has 18 heavy (non-hydrogen) atoms. The lowest BCUT2D eigenvalue weighted by atomic mass is 10.2. The molecule has 1 aromatic carbocycles. The van der Waals surface area contributed by atoms with E-state index in [2.05, 4.69) is 43.5 Å². The first-order valence-corrected chi connectivity index (χ1v) is 6.39. The molecule has 0 aliphatic rings. The summed E-state index contributed by atoms with van der Waals surface area (Å²) < 4.78 is 2.83. The maximum absolute atomic E-state index is 4.45. The first kappa shape index (κ1) is 11.2. The molecule has 0 aliphatic heterocycles. The molecule has 1 N–H and O–H groups in total. The van der Waals surface area contributed by atoms with Gasteiger partial charge < -0.3 is 5.32 Å². The fourth-order valence-corrected chi connectivity index (χ4v) is 1.97. The Morgan fingerprint density at radius 3 is 2.78 bits per heavy atom. The Balaban J connectivity index is 1.74. The van der Waals surface area contributed by atoms with Gasteiger partial charge in [0.25, 0.3) is 0 Å². The highest BCUT2D eigenvalue weighted by molar-refractivity contribution is 9.10. The van der Waals surface area contributed by atoms with Gasteiger partial charge in [-0.1, -0.05) is 28.1 Å². The number of rotatable bonds is 3. The van der Waals surface area contributed by atoms with Crippen LogP contribution in [0.3, 0.4) is 0 Å². The van der Waals surface area contributed by atoms with E-state index < -0.39 is 0 Å². The fourth-order valence-electron chi connectivity index (χ4n) is 1.71. The molecule has 2 aromatic heterocycles. The van der Waals surface area contributed by atoms with Crippen LogP contribution >= 0.6 is 15.9 Å². The molecule has 0 saturated heterocycles. The van der Waals surface area contributed by atoms with E-state index in [0.29, 0.717) is 0 Å². The van der Waals surface area contributed by atoms with Crippen molar-refractivity contribution in [2.45, 2.75) is 6.54 Å². The highest BCUT2D eigenvalue weighted by atomic mass is 79.9. The zero-order chi connectivity index (χ0) is 12.4. The molecule has 0 unspecified atom stereocenters. The predicted molar refractivity (Wildman–Crippen MR) is 74.5 cm³/mol. The summed E-state index contributed by atoms with van der Waals surface area (Å²) in [6.07, 6.45) is 3.63. The van der Waals surface area contributed by atoms with Gasteiger partial charge in [0.05, 0.1) is 6.20 Å². The normalized spacial score (nSPS) is 10.7. The number of nitrogens with zero attached hydrogens (tertiary/aromatic N) is 3. The molecule has 0 amide bonds. The standard InChI is InChI=1S/C13H11BrN4/c14-11-3-1-10(2-4-11)9-15-12-6-8-18-13(17-12)5-7-16-18/h1-8H,9H2,(H,15,17). The average Bonchev–Trinajstić information content (AvgIpc) is 2.85. The van der Waals surface area contributed by atoms with Crippen LogP contribution in [0.25, 0.3) is 5.65 Å². The molecular weight excluding hydrogens is 292 g/mol. The number of anilines is 1. The van der Waals surface area contributed by atoms with Crippen LogP contribution in [0.1, 0.15) is 5.56 Å². The van der Waals surface area contributed by atoms with Crippen molar-refractivity contribution in [3.05, 3.63) is 58.8 Å². The molecule has 0 atom stereocenters. The summed E-state index contributed by atoms with van der Waals surface area (Å²) in [6.45, 7) is 0.755. The van der Waals surface area contributed by atoms with Crippen LogP contribution in [-0.4, -0.2) is 14.6 Å². The van der Waals surface area contributed by atoms with Gasteiger partial charge in [-0.2, -0.15) is 5.10 Å². The monoisotopic (exact) mass is 302 g/mol. The molecule has 0 saturated carbocycles. The van der Waals surface area contributed by atoms with Crippen LogP contribution in [0.2, 0.25) is 0 Å². The van der Waals surface area contributed by atoms with Gasteiger partial charge in [0, 0.05) is 23.3 Å². The van der Waals surface area contributed by atoms with Crippen LogP contribution in [0.15, 0.2) is 53.3 Å². The first-order valence-electron chi connectivity index (χ1n) is 5.60. The van der Waals surface area contributed by atoms with Crippen LogP contribution in [-0.2, 0) is 6.54 Å². The molecule has 3 rings (SSSR count). The molecule has 0 aliphatic carbocycles. The summed E-state index contributed by atoms with van der Waals surface area (Å²) in [5, 5.41) is 7.40. The predicted octanol–water partition coefficient (Wildman–Crippen LogP) is 3.10. The van der Waals surface area contributed by atoms with Crippen molar-refractivity contribution in [2.24, 2.45) is 0 Å². The van der Waals surface area contributed by atoms with E-state index in [1.54, 1.807) is 10.7 Å². The third-order valence-electron chi connectivity index (χ3n) is 2.64. The number of hydrogen-bond acceptors (Lipinski definition) is 3. The highest BCUT2D eigenvalue weighted by Crippen LogP contribution is 2.12. The summed E-state index contributed by atoms with van der Waals surface area (Å²) in [7, 11) is 0. The number of nitrogens with one attached hydrogen (secondary N) is 1. The van der Waals surface area contributed by atoms with Crippen molar-refractivity contribution in [3.8, 4) is 0 Å². The van der Waals surface area contributed by atoms with Crippen molar-refractivity contribution < 1.29 is 0 Å². The molecule has 0 fully saturated rings. The number of halogens is 1. The lowest BCUT2D eigenvalue weighted by Crippen LogP contribution is -2.02. The summed E-state index contributed by atoms with van der Waals surface area (Å²) in [5.74, 6) is 0.853. The minimum atomic E-state index is 0.755. The van der Waals surface area contributed by atoms with E-state index in [4.69, 9.17) is 0 Å². The Morgan fingerprint density at radius 1 is 1.11 bits per heavy atom. The SMILES string of the molecule is Brc1ccc(CNc2ccn3nccc3n2)cc1. The third-order valence-corrected chi connectivity index (χ3v) is 3.17. The first-order chi connectivity index (χ1) is 8.81. The zero-order valence-electron chi connectivity index (χ0n) is 9.55. The van der Waals surface area contributed by atoms with Crippen molar-refractivity contribution in [2.75, 3.05) is 5.32 Å². The van der Waals surface area contributed by atoms with Gasteiger partial charge in [0.2, 0.25) is 0 Å². The summed E-state index contributed by atoms with van der Waals surface area (Å²) in [5.41, 5.74) is 2.06. The highest BCUT2D eigenvalue weighted by Gasteiger charge is 1.98. The van der Waals surface area contributed by atoms with Crippen molar-refractivity contribution in [3.63, 3.8) is 0 Å². The third kappa shape index (κ3) is 2.36. The van der Waals surface area contributed by atoms with Crippen LogP contribution in [0, 0.1) is 0 Å². The van der Waals surface area contributed by atoms with Crippen LogP contribution in [0.5, 0.6) is 0 Å².